The van der Waals surface area contributed by atoms with E-state index in [1.807, 2.05) is 0 Å². The van der Waals surface area contributed by atoms with Gasteiger partial charge in [-0.25, -0.2) is 13.2 Å². The summed E-state index contributed by atoms with van der Waals surface area (Å²) in [7, 11) is 0. The Balaban J connectivity index is 1.70. The van der Waals surface area contributed by atoms with Gasteiger partial charge in [-0.3, -0.25) is 9.59 Å². The predicted octanol–water partition coefficient (Wildman–Crippen LogP) is 2.92. The van der Waals surface area contributed by atoms with Crippen LogP contribution in [0.4, 0.5) is 13.2 Å². The number of H-pyrrole nitrogens is 1. The van der Waals surface area contributed by atoms with Crippen molar-refractivity contribution >= 4 is 16.8 Å². The lowest BCUT2D eigenvalue weighted by Crippen LogP contribution is -2.59. The zero-order valence-electron chi connectivity index (χ0n) is 14.4. The third kappa shape index (κ3) is 3.01. The van der Waals surface area contributed by atoms with Crippen LogP contribution in [-0.2, 0) is 11.3 Å². The Morgan fingerprint density at radius 3 is 2.67 bits per heavy atom. The van der Waals surface area contributed by atoms with Crippen molar-refractivity contribution in [3.05, 3.63) is 58.4 Å². The molecule has 1 amide bonds. The number of aromatic nitrogens is 2. The fourth-order valence-electron chi connectivity index (χ4n) is 3.28. The van der Waals surface area contributed by atoms with Crippen LogP contribution in [0.2, 0.25) is 0 Å². The number of nitrogens with zero attached hydrogens (tertiary/aromatic N) is 2. The van der Waals surface area contributed by atoms with E-state index >= 15 is 0 Å². The highest BCUT2D eigenvalue weighted by molar-refractivity contribution is 5.95. The van der Waals surface area contributed by atoms with E-state index in [0.717, 1.165) is 4.90 Å². The molecule has 5 nitrogen and oxygen atoms in total. The number of aromatic amines is 1. The maximum atomic E-state index is 13.5. The molecule has 1 saturated heterocycles. The van der Waals surface area contributed by atoms with Crippen LogP contribution in [0.5, 0.6) is 0 Å². The van der Waals surface area contributed by atoms with Gasteiger partial charge in [0.25, 0.3) is 11.5 Å². The molecule has 0 unspecified atom stereocenters. The number of likely N-dealkylation sites (tertiary alicyclic amines) is 1. The van der Waals surface area contributed by atoms with Gasteiger partial charge in [0, 0.05) is 18.0 Å². The van der Waals surface area contributed by atoms with Gasteiger partial charge < -0.3 is 14.5 Å². The average Bonchev–Trinajstić information content (AvgIpc) is 3.02. The van der Waals surface area contributed by atoms with Crippen molar-refractivity contribution in [1.29, 1.82) is 0 Å². The highest BCUT2D eigenvalue weighted by atomic mass is 19.3. The predicted molar refractivity (Wildman–Crippen MR) is 94.2 cm³/mol. The van der Waals surface area contributed by atoms with Crippen molar-refractivity contribution in [1.82, 2.24) is 14.5 Å². The molecule has 4 rings (SSSR count). The van der Waals surface area contributed by atoms with E-state index in [1.54, 1.807) is 31.3 Å². The van der Waals surface area contributed by atoms with E-state index < -0.39 is 30.5 Å². The molecule has 0 spiro atoms. The average molecular weight is 375 g/mol. The molecule has 3 heterocycles. The van der Waals surface area contributed by atoms with Crippen LogP contribution >= 0.6 is 0 Å². The number of rotatable bonds is 3. The van der Waals surface area contributed by atoms with Crippen LogP contribution in [0, 0.1) is 12.7 Å². The molecule has 1 aliphatic rings. The third-order valence-electron chi connectivity index (χ3n) is 4.78. The Morgan fingerprint density at radius 2 is 2.00 bits per heavy atom. The van der Waals surface area contributed by atoms with Crippen molar-refractivity contribution in [2.24, 2.45) is 0 Å². The maximum Gasteiger partial charge on any atom is 0.282 e. The van der Waals surface area contributed by atoms with Crippen LogP contribution in [0.3, 0.4) is 0 Å². The van der Waals surface area contributed by atoms with Gasteiger partial charge in [-0.15, -0.1) is 0 Å². The maximum absolute atomic E-state index is 13.5. The number of aryl methyl sites for hydroxylation is 1. The molecule has 0 atom stereocenters. The smallest absolute Gasteiger partial charge is 0.282 e. The fourth-order valence-corrected chi connectivity index (χ4v) is 3.28. The first-order valence-electron chi connectivity index (χ1n) is 8.38. The number of nitrogens with one attached hydrogen (secondary N) is 1. The summed E-state index contributed by atoms with van der Waals surface area (Å²) >= 11 is 0. The third-order valence-corrected chi connectivity index (χ3v) is 4.78. The number of carbonyl (C=O) groups excluding carboxylic acids is 1. The number of hydrogen-bond donors (Lipinski definition) is 1. The molecule has 3 aromatic rings. The largest absolute Gasteiger partial charge is 0.360 e. The standard InChI is InChI=1S/C19H16F3N3O2/c1-11-6-12(2-3-14(11)20)13-7-23-15-4-5-24(18(27)17(13)15)8-16(26)25-9-19(21,22)10-25/h2-7,23H,8-10H2,1H3. The Morgan fingerprint density at radius 1 is 1.26 bits per heavy atom. The van der Waals surface area contributed by atoms with Gasteiger partial charge in [0.1, 0.15) is 12.4 Å². The quantitative estimate of drug-likeness (QED) is 0.765. The molecule has 0 aliphatic carbocycles. The van der Waals surface area contributed by atoms with Crippen molar-refractivity contribution in [3.63, 3.8) is 0 Å². The number of halogens is 3. The van der Waals surface area contributed by atoms with Crippen molar-refractivity contribution in [2.75, 3.05) is 13.1 Å². The molecule has 27 heavy (non-hydrogen) atoms. The lowest BCUT2D eigenvalue weighted by atomic mass is 10.0. The summed E-state index contributed by atoms with van der Waals surface area (Å²) in [6.45, 7) is 0.0889. The summed E-state index contributed by atoms with van der Waals surface area (Å²) in [5.74, 6) is -3.72. The minimum absolute atomic E-state index is 0.308. The second-order valence-electron chi connectivity index (χ2n) is 6.81. The van der Waals surface area contributed by atoms with E-state index in [1.165, 1.54) is 16.8 Å². The van der Waals surface area contributed by atoms with Gasteiger partial charge in [-0.05, 0) is 36.2 Å². The minimum atomic E-state index is -2.85. The minimum Gasteiger partial charge on any atom is -0.360 e. The first-order chi connectivity index (χ1) is 12.7. The van der Waals surface area contributed by atoms with Crippen molar-refractivity contribution < 1.29 is 18.0 Å². The zero-order chi connectivity index (χ0) is 19.3. The van der Waals surface area contributed by atoms with E-state index in [4.69, 9.17) is 0 Å². The van der Waals surface area contributed by atoms with Gasteiger partial charge in [-0.2, -0.15) is 0 Å². The Kier molecular flexibility index (Phi) is 3.87. The lowest BCUT2D eigenvalue weighted by molar-refractivity contribution is -0.166. The summed E-state index contributed by atoms with van der Waals surface area (Å²) in [6.07, 6.45) is 3.11. The van der Waals surface area contributed by atoms with E-state index in [-0.39, 0.29) is 12.4 Å². The molecule has 1 aromatic carbocycles. The first kappa shape index (κ1) is 17.4. The number of hydrogen-bond acceptors (Lipinski definition) is 2. The van der Waals surface area contributed by atoms with E-state index in [0.29, 0.717) is 27.6 Å². The van der Waals surface area contributed by atoms with Gasteiger partial charge >= 0.3 is 0 Å². The molecule has 140 valence electrons. The molecule has 1 N–H and O–H groups in total. The zero-order valence-corrected chi connectivity index (χ0v) is 14.4. The lowest BCUT2D eigenvalue weighted by Gasteiger charge is -2.38. The second kappa shape index (κ2) is 6.00. The summed E-state index contributed by atoms with van der Waals surface area (Å²) in [5.41, 5.74) is 1.88. The molecule has 1 fully saturated rings. The van der Waals surface area contributed by atoms with Gasteiger partial charge in [0.15, 0.2) is 0 Å². The normalized spacial score (nSPS) is 15.8. The Labute approximate surface area is 152 Å². The van der Waals surface area contributed by atoms with Crippen LogP contribution in [0.1, 0.15) is 5.56 Å². The molecule has 2 aromatic heterocycles. The number of pyridine rings is 1. The highest BCUT2D eigenvalue weighted by Gasteiger charge is 2.46. The molecule has 1 aliphatic heterocycles. The van der Waals surface area contributed by atoms with Crippen molar-refractivity contribution in [3.8, 4) is 11.1 Å². The highest BCUT2D eigenvalue weighted by Crippen LogP contribution is 2.28. The second-order valence-corrected chi connectivity index (χ2v) is 6.81. The monoisotopic (exact) mass is 375 g/mol. The number of benzene rings is 1. The number of amides is 1. The molecule has 8 heteroatoms. The van der Waals surface area contributed by atoms with Crippen LogP contribution < -0.4 is 5.56 Å². The summed E-state index contributed by atoms with van der Waals surface area (Å²) in [4.78, 5) is 29.0. The van der Waals surface area contributed by atoms with Crippen LogP contribution in [0.25, 0.3) is 22.0 Å². The van der Waals surface area contributed by atoms with E-state index in [2.05, 4.69) is 4.98 Å². The molecule has 0 radical (unpaired) electrons. The van der Waals surface area contributed by atoms with Crippen LogP contribution in [-0.4, -0.2) is 39.4 Å². The fraction of sp³-hybridized carbons (Fsp3) is 0.263. The Hall–Kier alpha value is -3.03. The van der Waals surface area contributed by atoms with E-state index in [9.17, 15) is 22.8 Å². The molecule has 0 bridgehead atoms. The summed E-state index contributed by atoms with van der Waals surface area (Å²) in [5, 5.41) is 0.366. The van der Waals surface area contributed by atoms with Crippen molar-refractivity contribution in [2.45, 2.75) is 19.4 Å². The summed E-state index contributed by atoms with van der Waals surface area (Å²) in [6, 6.07) is 6.20. The van der Waals surface area contributed by atoms with Gasteiger partial charge in [-0.1, -0.05) is 6.07 Å². The topological polar surface area (TPSA) is 58.1 Å². The van der Waals surface area contributed by atoms with Gasteiger partial charge in [0.05, 0.1) is 24.0 Å². The Bertz CT molecular complexity index is 1110. The number of carbonyl (C=O) groups is 1. The first-order valence-corrected chi connectivity index (χ1v) is 8.38. The summed E-state index contributed by atoms with van der Waals surface area (Å²) < 4.78 is 40.6. The van der Waals surface area contributed by atoms with Crippen LogP contribution in [0.15, 0.2) is 41.5 Å². The molecular formula is C19H16F3N3O2. The molecule has 0 saturated carbocycles. The SMILES string of the molecule is Cc1cc(-c2c[nH]c3ccn(CC(=O)N4CC(F)(F)C4)c(=O)c23)ccc1F. The number of alkyl halides is 2. The molecular weight excluding hydrogens is 359 g/mol. The number of fused-ring (bicyclic) bond motifs is 1. The van der Waals surface area contributed by atoms with Gasteiger partial charge in [0.2, 0.25) is 5.91 Å².